The number of H-pyrrole nitrogens is 1. The Bertz CT molecular complexity index is 933. The zero-order valence-electron chi connectivity index (χ0n) is 15.4. The first kappa shape index (κ1) is 19.5. The Labute approximate surface area is 169 Å². The van der Waals surface area contributed by atoms with Crippen molar-refractivity contribution in [2.45, 2.75) is 6.92 Å². The van der Waals surface area contributed by atoms with E-state index < -0.39 is 0 Å². The number of ether oxygens (including phenoxy) is 1. The summed E-state index contributed by atoms with van der Waals surface area (Å²) in [5.74, 6) is 2.72. The third-order valence-corrected chi connectivity index (χ3v) is 4.54. The van der Waals surface area contributed by atoms with E-state index in [0.29, 0.717) is 24.8 Å². The maximum atomic E-state index is 5.92. The zero-order chi connectivity index (χ0) is 19.2. The van der Waals surface area contributed by atoms with Crippen LogP contribution in [0.5, 0.6) is 5.75 Å². The summed E-state index contributed by atoms with van der Waals surface area (Å²) < 4.78 is 5.57. The van der Waals surface area contributed by atoms with Crippen LogP contribution in [0, 0.1) is 6.92 Å². The summed E-state index contributed by atoms with van der Waals surface area (Å²) in [5.41, 5.74) is 4.71. The minimum atomic E-state index is 0.527. The van der Waals surface area contributed by atoms with Crippen molar-refractivity contribution >= 4 is 51.8 Å². The molecule has 0 atom stereocenters. The molecular weight excluding hydrogens is 383 g/mol. The van der Waals surface area contributed by atoms with E-state index in [4.69, 9.17) is 27.9 Å². The predicted octanol–water partition coefficient (Wildman–Crippen LogP) is 4.91. The van der Waals surface area contributed by atoms with Crippen LogP contribution >= 0.6 is 23.2 Å². The van der Waals surface area contributed by atoms with Crippen LogP contribution in [0.1, 0.15) is 11.4 Å². The predicted molar refractivity (Wildman–Crippen MR) is 115 cm³/mol. The van der Waals surface area contributed by atoms with E-state index >= 15 is 0 Å². The number of aliphatic imine (C=N–C) groups is 1. The molecule has 3 aromatic rings. The average Bonchev–Trinajstić information content (AvgIpc) is 3.05. The molecule has 0 radical (unpaired) electrons. The Kier molecular flexibility index (Phi) is 6.58. The SMILES string of the molecule is COc1cc(C=Nc2ccc3nc(C)[nH]c3c2)ccc1N(CCCl)CCCl. The summed E-state index contributed by atoms with van der Waals surface area (Å²) in [6.45, 7) is 3.36. The van der Waals surface area contributed by atoms with Gasteiger partial charge in [0.1, 0.15) is 11.6 Å². The molecule has 0 aliphatic rings. The van der Waals surface area contributed by atoms with Gasteiger partial charge in [0.05, 0.1) is 29.5 Å². The number of imidazole rings is 1. The first-order valence-electron chi connectivity index (χ1n) is 8.70. The molecule has 7 heteroatoms. The van der Waals surface area contributed by atoms with Crippen molar-refractivity contribution in [2.24, 2.45) is 4.99 Å². The maximum absolute atomic E-state index is 5.92. The summed E-state index contributed by atoms with van der Waals surface area (Å²) in [5, 5.41) is 0. The molecule has 0 amide bonds. The fourth-order valence-corrected chi connectivity index (χ4v) is 3.36. The highest BCUT2D eigenvalue weighted by atomic mass is 35.5. The number of aromatic amines is 1. The van der Waals surface area contributed by atoms with Crippen LogP contribution in [0.3, 0.4) is 0 Å². The Hall–Kier alpha value is -2.24. The van der Waals surface area contributed by atoms with Crippen LogP contribution in [0.2, 0.25) is 0 Å². The number of hydrogen-bond donors (Lipinski definition) is 1. The van der Waals surface area contributed by atoms with Gasteiger partial charge in [0, 0.05) is 31.1 Å². The number of hydrogen-bond acceptors (Lipinski definition) is 4. The van der Waals surface area contributed by atoms with Gasteiger partial charge >= 0.3 is 0 Å². The number of aromatic nitrogens is 2. The van der Waals surface area contributed by atoms with Gasteiger partial charge in [0.2, 0.25) is 0 Å². The number of nitrogens with one attached hydrogen (secondary N) is 1. The monoisotopic (exact) mass is 404 g/mol. The second kappa shape index (κ2) is 9.11. The van der Waals surface area contributed by atoms with Crippen molar-refractivity contribution in [3.8, 4) is 5.75 Å². The van der Waals surface area contributed by atoms with Gasteiger partial charge in [-0.2, -0.15) is 0 Å². The first-order chi connectivity index (χ1) is 13.1. The van der Waals surface area contributed by atoms with Crippen molar-refractivity contribution in [2.75, 3.05) is 36.9 Å². The normalized spacial score (nSPS) is 11.4. The lowest BCUT2D eigenvalue weighted by atomic mass is 10.2. The molecule has 1 aromatic heterocycles. The smallest absolute Gasteiger partial charge is 0.142 e. The van der Waals surface area contributed by atoms with Gasteiger partial charge in [-0.15, -0.1) is 23.2 Å². The molecule has 0 fully saturated rings. The molecule has 0 saturated carbocycles. The molecule has 0 aliphatic carbocycles. The Morgan fingerprint density at radius 3 is 2.63 bits per heavy atom. The molecule has 2 aromatic carbocycles. The van der Waals surface area contributed by atoms with Crippen LogP contribution < -0.4 is 9.64 Å². The largest absolute Gasteiger partial charge is 0.495 e. The van der Waals surface area contributed by atoms with Crippen LogP contribution in [-0.2, 0) is 0 Å². The zero-order valence-corrected chi connectivity index (χ0v) is 16.9. The Balaban J connectivity index is 1.84. The van der Waals surface area contributed by atoms with Gasteiger partial charge in [-0.05, 0) is 42.8 Å². The number of halogens is 2. The van der Waals surface area contributed by atoms with Gasteiger partial charge < -0.3 is 14.6 Å². The van der Waals surface area contributed by atoms with E-state index in [1.54, 1.807) is 7.11 Å². The molecule has 5 nitrogen and oxygen atoms in total. The van der Waals surface area contributed by atoms with Crippen LogP contribution in [-0.4, -0.2) is 48.1 Å². The summed E-state index contributed by atoms with van der Waals surface area (Å²) in [6, 6.07) is 11.9. The minimum absolute atomic E-state index is 0.527. The summed E-state index contributed by atoms with van der Waals surface area (Å²) in [6.07, 6.45) is 1.82. The fourth-order valence-electron chi connectivity index (χ4n) is 2.95. The Morgan fingerprint density at radius 1 is 1.15 bits per heavy atom. The average molecular weight is 405 g/mol. The number of fused-ring (bicyclic) bond motifs is 1. The molecule has 3 rings (SSSR count). The van der Waals surface area contributed by atoms with Crippen molar-refractivity contribution < 1.29 is 4.74 Å². The number of rotatable bonds is 8. The molecular formula is C20H22Cl2N4O. The second-order valence-corrected chi connectivity index (χ2v) is 6.83. The van der Waals surface area contributed by atoms with Gasteiger partial charge in [-0.25, -0.2) is 4.98 Å². The molecule has 142 valence electrons. The number of alkyl halides is 2. The third kappa shape index (κ3) is 4.73. The number of nitrogens with zero attached hydrogens (tertiary/aromatic N) is 3. The van der Waals surface area contributed by atoms with Crippen molar-refractivity contribution in [1.82, 2.24) is 9.97 Å². The Morgan fingerprint density at radius 2 is 1.93 bits per heavy atom. The van der Waals surface area contributed by atoms with Crippen molar-refractivity contribution in [3.63, 3.8) is 0 Å². The quantitative estimate of drug-likeness (QED) is 0.428. The maximum Gasteiger partial charge on any atom is 0.142 e. The molecule has 27 heavy (non-hydrogen) atoms. The van der Waals surface area contributed by atoms with E-state index in [1.165, 1.54) is 0 Å². The van der Waals surface area contributed by atoms with Crippen molar-refractivity contribution in [3.05, 3.63) is 47.8 Å². The fraction of sp³-hybridized carbons (Fsp3) is 0.300. The minimum Gasteiger partial charge on any atom is -0.495 e. The number of aryl methyl sites for hydroxylation is 1. The lowest BCUT2D eigenvalue weighted by Crippen LogP contribution is -2.28. The molecule has 1 N–H and O–H groups in total. The second-order valence-electron chi connectivity index (χ2n) is 6.08. The van der Waals surface area contributed by atoms with E-state index in [0.717, 1.165) is 39.5 Å². The molecule has 0 spiro atoms. The first-order valence-corrected chi connectivity index (χ1v) is 9.77. The van der Waals surface area contributed by atoms with Gasteiger partial charge in [-0.3, -0.25) is 4.99 Å². The van der Waals surface area contributed by atoms with E-state index in [2.05, 4.69) is 19.9 Å². The van der Waals surface area contributed by atoms with Crippen LogP contribution in [0.25, 0.3) is 11.0 Å². The lowest BCUT2D eigenvalue weighted by Gasteiger charge is -2.25. The number of benzene rings is 2. The molecule has 1 heterocycles. The highest BCUT2D eigenvalue weighted by molar-refractivity contribution is 6.18. The molecule has 0 aliphatic heterocycles. The number of anilines is 1. The summed E-state index contributed by atoms with van der Waals surface area (Å²) >= 11 is 11.8. The highest BCUT2D eigenvalue weighted by Crippen LogP contribution is 2.29. The van der Waals surface area contributed by atoms with E-state index in [9.17, 15) is 0 Å². The molecule has 0 unspecified atom stereocenters. The lowest BCUT2D eigenvalue weighted by molar-refractivity contribution is 0.414. The van der Waals surface area contributed by atoms with Gasteiger partial charge in [-0.1, -0.05) is 6.07 Å². The summed E-state index contributed by atoms with van der Waals surface area (Å²) in [7, 11) is 1.66. The standard InChI is InChI=1S/C20H22Cl2N4O/c1-14-24-17-5-4-16(12-18(17)25-14)23-13-15-3-6-19(20(11-15)27-2)26(9-7-21)10-8-22/h3-6,11-13H,7-10H2,1-2H3,(H,24,25). The topological polar surface area (TPSA) is 53.5 Å². The van der Waals surface area contributed by atoms with E-state index in [-0.39, 0.29) is 0 Å². The summed E-state index contributed by atoms with van der Waals surface area (Å²) in [4.78, 5) is 14.3. The molecule has 0 bridgehead atoms. The molecule has 0 saturated heterocycles. The highest BCUT2D eigenvalue weighted by Gasteiger charge is 2.11. The van der Waals surface area contributed by atoms with Crippen LogP contribution in [0.4, 0.5) is 11.4 Å². The number of methoxy groups -OCH3 is 1. The third-order valence-electron chi connectivity index (χ3n) is 4.20. The van der Waals surface area contributed by atoms with Gasteiger partial charge in [0.25, 0.3) is 0 Å². The van der Waals surface area contributed by atoms with Crippen molar-refractivity contribution in [1.29, 1.82) is 0 Å². The van der Waals surface area contributed by atoms with Gasteiger partial charge in [0.15, 0.2) is 0 Å². The van der Waals surface area contributed by atoms with E-state index in [1.807, 2.05) is 49.5 Å². The van der Waals surface area contributed by atoms with Crippen LogP contribution in [0.15, 0.2) is 41.4 Å².